The van der Waals surface area contributed by atoms with E-state index in [0.717, 1.165) is 17.3 Å². The summed E-state index contributed by atoms with van der Waals surface area (Å²) < 4.78 is 10.3. The zero-order valence-electron chi connectivity index (χ0n) is 15.0. The number of nitrogens with one attached hydrogen (secondary N) is 1. The Kier molecular flexibility index (Phi) is 5.73. The van der Waals surface area contributed by atoms with Gasteiger partial charge in [-0.05, 0) is 19.1 Å². The molecule has 1 fully saturated rings. The van der Waals surface area contributed by atoms with Crippen molar-refractivity contribution in [2.45, 2.75) is 6.92 Å². The molecule has 1 N–H and O–H groups in total. The van der Waals surface area contributed by atoms with E-state index in [1.54, 1.807) is 12.0 Å². The van der Waals surface area contributed by atoms with Crippen LogP contribution in [0.5, 0.6) is 5.75 Å². The zero-order valence-corrected chi connectivity index (χ0v) is 15.0. The molecule has 0 radical (unpaired) electrons. The summed E-state index contributed by atoms with van der Waals surface area (Å²) in [6.45, 7) is 4.84. The van der Waals surface area contributed by atoms with E-state index in [2.05, 4.69) is 20.2 Å². The van der Waals surface area contributed by atoms with Crippen LogP contribution in [0, 0.1) is 0 Å². The van der Waals surface area contributed by atoms with Gasteiger partial charge in [0.05, 0.1) is 13.7 Å². The Hall–Kier alpha value is -3.03. The molecule has 1 saturated heterocycles. The molecule has 26 heavy (non-hydrogen) atoms. The van der Waals surface area contributed by atoms with Crippen LogP contribution in [0.2, 0.25) is 0 Å². The lowest BCUT2D eigenvalue weighted by molar-refractivity contribution is 0.105. The van der Waals surface area contributed by atoms with Crippen molar-refractivity contribution >= 4 is 23.4 Å². The smallest absolute Gasteiger partial charge is 0.409 e. The molecule has 2 aromatic rings. The third-order valence-electron chi connectivity index (χ3n) is 4.12. The zero-order chi connectivity index (χ0) is 18.4. The lowest BCUT2D eigenvalue weighted by Crippen LogP contribution is -2.49. The number of rotatable bonds is 5. The number of ether oxygens (including phenoxy) is 2. The minimum Gasteiger partial charge on any atom is -0.497 e. The molecule has 0 saturated carbocycles. The number of carbonyl (C=O) groups excluding carboxylic acids is 1. The molecule has 0 aliphatic carbocycles. The lowest BCUT2D eigenvalue weighted by atomic mass is 10.3. The monoisotopic (exact) mass is 357 g/mol. The molecule has 0 spiro atoms. The maximum Gasteiger partial charge on any atom is 0.409 e. The quantitative estimate of drug-likeness (QED) is 0.880. The Labute approximate surface area is 152 Å². The van der Waals surface area contributed by atoms with Crippen LogP contribution in [0.1, 0.15) is 6.92 Å². The first kappa shape index (κ1) is 17.8. The predicted molar refractivity (Wildman–Crippen MR) is 99.1 cm³/mol. The Morgan fingerprint density at radius 1 is 1.19 bits per heavy atom. The minimum absolute atomic E-state index is 0.254. The van der Waals surface area contributed by atoms with Gasteiger partial charge in [-0.2, -0.15) is 0 Å². The van der Waals surface area contributed by atoms with Gasteiger partial charge in [0.25, 0.3) is 0 Å². The van der Waals surface area contributed by atoms with E-state index in [9.17, 15) is 4.79 Å². The molecular weight excluding hydrogens is 334 g/mol. The summed E-state index contributed by atoms with van der Waals surface area (Å²) in [5.41, 5.74) is 0.890. The average Bonchev–Trinajstić information content (AvgIpc) is 2.69. The number of nitrogens with zero attached hydrogens (tertiary/aromatic N) is 4. The van der Waals surface area contributed by atoms with E-state index >= 15 is 0 Å². The number of amides is 1. The molecule has 1 amide bonds. The Morgan fingerprint density at radius 2 is 2.00 bits per heavy atom. The van der Waals surface area contributed by atoms with Crippen molar-refractivity contribution in [3.8, 4) is 5.75 Å². The van der Waals surface area contributed by atoms with Crippen LogP contribution in [0.15, 0.2) is 36.7 Å². The van der Waals surface area contributed by atoms with Crippen LogP contribution in [0.25, 0.3) is 0 Å². The Morgan fingerprint density at radius 3 is 2.73 bits per heavy atom. The van der Waals surface area contributed by atoms with E-state index in [-0.39, 0.29) is 6.09 Å². The molecule has 1 aromatic heterocycles. The van der Waals surface area contributed by atoms with Crippen molar-refractivity contribution in [2.75, 3.05) is 50.1 Å². The van der Waals surface area contributed by atoms with E-state index in [0.29, 0.717) is 38.6 Å². The van der Waals surface area contributed by atoms with Crippen molar-refractivity contribution in [1.29, 1.82) is 0 Å². The van der Waals surface area contributed by atoms with E-state index < -0.39 is 0 Å². The van der Waals surface area contributed by atoms with Gasteiger partial charge in [0.2, 0.25) is 0 Å². The fourth-order valence-electron chi connectivity index (χ4n) is 2.77. The number of aromatic nitrogens is 2. The van der Waals surface area contributed by atoms with Crippen molar-refractivity contribution < 1.29 is 14.3 Å². The second-order valence-electron chi connectivity index (χ2n) is 5.79. The van der Waals surface area contributed by atoms with Crippen LogP contribution < -0.4 is 15.0 Å². The van der Waals surface area contributed by atoms with Gasteiger partial charge >= 0.3 is 6.09 Å². The van der Waals surface area contributed by atoms with Crippen molar-refractivity contribution in [1.82, 2.24) is 14.9 Å². The molecule has 3 rings (SSSR count). The standard InChI is InChI=1S/C18H23N5O3/c1-3-26-18(24)23-9-7-22(8-10-23)17-12-16(19-13-20-17)21-14-5-4-6-15(11-14)25-2/h4-6,11-13H,3,7-10H2,1-2H3,(H,19,20,21). The number of hydrogen-bond donors (Lipinski definition) is 1. The summed E-state index contributed by atoms with van der Waals surface area (Å²) in [6, 6.07) is 9.55. The van der Waals surface area contributed by atoms with Crippen LogP contribution in [-0.4, -0.2) is 60.9 Å². The summed E-state index contributed by atoms with van der Waals surface area (Å²) in [5, 5.41) is 3.26. The average molecular weight is 357 g/mol. The highest BCUT2D eigenvalue weighted by molar-refractivity contribution is 5.68. The van der Waals surface area contributed by atoms with Gasteiger partial charge in [0.15, 0.2) is 0 Å². The van der Waals surface area contributed by atoms with Gasteiger partial charge < -0.3 is 24.6 Å². The number of anilines is 3. The van der Waals surface area contributed by atoms with Crippen molar-refractivity contribution in [3.63, 3.8) is 0 Å². The molecule has 0 atom stereocenters. The first-order valence-electron chi connectivity index (χ1n) is 8.59. The highest BCUT2D eigenvalue weighted by Crippen LogP contribution is 2.22. The summed E-state index contributed by atoms with van der Waals surface area (Å²) >= 11 is 0. The van der Waals surface area contributed by atoms with Gasteiger partial charge in [-0.15, -0.1) is 0 Å². The highest BCUT2D eigenvalue weighted by atomic mass is 16.6. The highest BCUT2D eigenvalue weighted by Gasteiger charge is 2.22. The van der Waals surface area contributed by atoms with Gasteiger partial charge in [0, 0.05) is 44.0 Å². The second-order valence-corrected chi connectivity index (χ2v) is 5.79. The SMILES string of the molecule is CCOC(=O)N1CCN(c2cc(Nc3cccc(OC)c3)ncn2)CC1. The molecule has 8 heteroatoms. The van der Waals surface area contributed by atoms with Crippen LogP contribution in [0.3, 0.4) is 0 Å². The summed E-state index contributed by atoms with van der Waals surface area (Å²) in [6.07, 6.45) is 1.28. The maximum atomic E-state index is 11.8. The van der Waals surface area contributed by atoms with Crippen LogP contribution in [0.4, 0.5) is 22.1 Å². The van der Waals surface area contributed by atoms with E-state index in [1.807, 2.05) is 37.3 Å². The topological polar surface area (TPSA) is 79.8 Å². The normalized spacial score (nSPS) is 14.1. The molecule has 0 unspecified atom stereocenters. The third-order valence-corrected chi connectivity index (χ3v) is 4.12. The second kappa shape index (κ2) is 8.37. The number of benzene rings is 1. The molecule has 2 heterocycles. The van der Waals surface area contributed by atoms with Crippen molar-refractivity contribution in [3.05, 3.63) is 36.7 Å². The number of methoxy groups -OCH3 is 1. The lowest BCUT2D eigenvalue weighted by Gasteiger charge is -2.34. The fourth-order valence-corrected chi connectivity index (χ4v) is 2.77. The van der Waals surface area contributed by atoms with Gasteiger partial charge in [-0.25, -0.2) is 14.8 Å². The van der Waals surface area contributed by atoms with Gasteiger partial charge in [-0.3, -0.25) is 0 Å². The third kappa shape index (κ3) is 4.33. The molecule has 138 valence electrons. The summed E-state index contributed by atoms with van der Waals surface area (Å²) in [5.74, 6) is 2.31. The summed E-state index contributed by atoms with van der Waals surface area (Å²) in [4.78, 5) is 24.3. The number of hydrogen-bond acceptors (Lipinski definition) is 7. The van der Waals surface area contributed by atoms with Gasteiger partial charge in [0.1, 0.15) is 23.7 Å². The van der Waals surface area contributed by atoms with Crippen molar-refractivity contribution in [2.24, 2.45) is 0 Å². The molecular formula is C18H23N5O3. The van der Waals surface area contributed by atoms with E-state index in [1.165, 1.54) is 6.33 Å². The van der Waals surface area contributed by atoms with Gasteiger partial charge in [-0.1, -0.05) is 6.07 Å². The first-order chi connectivity index (χ1) is 12.7. The predicted octanol–water partition coefficient (Wildman–Crippen LogP) is 2.51. The molecule has 0 bridgehead atoms. The Bertz CT molecular complexity index is 747. The molecule has 1 aliphatic rings. The van der Waals surface area contributed by atoms with Crippen LogP contribution in [-0.2, 0) is 4.74 Å². The Balaban J connectivity index is 1.63. The number of carbonyl (C=O) groups is 1. The molecule has 1 aliphatic heterocycles. The maximum absolute atomic E-state index is 11.8. The number of piperazine rings is 1. The van der Waals surface area contributed by atoms with E-state index in [4.69, 9.17) is 9.47 Å². The fraction of sp³-hybridized carbons (Fsp3) is 0.389. The molecule has 8 nitrogen and oxygen atoms in total. The summed E-state index contributed by atoms with van der Waals surface area (Å²) in [7, 11) is 1.64. The minimum atomic E-state index is -0.254. The first-order valence-corrected chi connectivity index (χ1v) is 8.59. The van der Waals surface area contributed by atoms with Crippen LogP contribution >= 0.6 is 0 Å². The molecule has 1 aromatic carbocycles. The largest absolute Gasteiger partial charge is 0.497 e.